The molecule has 0 saturated carbocycles. The first-order valence-electron chi connectivity index (χ1n) is 9.46. The van der Waals surface area contributed by atoms with Crippen molar-refractivity contribution in [3.8, 4) is 5.75 Å². The number of thiazole rings is 2. The molecule has 2 aromatic heterocycles. The molecule has 2 aromatic carbocycles. The van der Waals surface area contributed by atoms with Crippen LogP contribution in [-0.4, -0.2) is 57.9 Å². The molecule has 30 heavy (non-hydrogen) atoms. The van der Waals surface area contributed by atoms with E-state index in [0.29, 0.717) is 4.90 Å². The van der Waals surface area contributed by atoms with Gasteiger partial charge in [-0.05, 0) is 30.3 Å². The van der Waals surface area contributed by atoms with Crippen LogP contribution in [0.15, 0.2) is 41.3 Å². The Morgan fingerprint density at radius 3 is 2.27 bits per heavy atom. The predicted molar refractivity (Wildman–Crippen MR) is 123 cm³/mol. The van der Waals surface area contributed by atoms with Crippen LogP contribution < -0.4 is 14.5 Å². The summed E-state index contributed by atoms with van der Waals surface area (Å²) < 4.78 is 31.1. The SMILES string of the molecule is COc1cccc2sc(N3CCN(c4nc5ccc(S(C)(=O)=O)cc5s4)CC3)nc12. The van der Waals surface area contributed by atoms with Crippen LogP contribution in [-0.2, 0) is 9.84 Å². The number of nitrogens with zero attached hydrogens (tertiary/aromatic N) is 4. The smallest absolute Gasteiger partial charge is 0.186 e. The molecule has 7 nitrogen and oxygen atoms in total. The van der Waals surface area contributed by atoms with Crippen molar-refractivity contribution in [3.63, 3.8) is 0 Å². The average molecular weight is 461 g/mol. The van der Waals surface area contributed by atoms with E-state index in [1.165, 1.54) is 6.26 Å². The molecule has 156 valence electrons. The van der Waals surface area contributed by atoms with Crippen LogP contribution in [0.2, 0.25) is 0 Å². The first kappa shape index (κ1) is 19.5. The molecule has 0 atom stereocenters. The summed E-state index contributed by atoms with van der Waals surface area (Å²) in [6.45, 7) is 3.39. The molecular formula is C20H20N4O3S3. The van der Waals surface area contributed by atoms with Crippen molar-refractivity contribution < 1.29 is 13.2 Å². The van der Waals surface area contributed by atoms with E-state index in [-0.39, 0.29) is 0 Å². The Hall–Kier alpha value is -2.43. The number of benzene rings is 2. The number of fused-ring (bicyclic) bond motifs is 2. The molecular weight excluding hydrogens is 440 g/mol. The molecule has 10 heteroatoms. The van der Waals surface area contributed by atoms with E-state index in [1.807, 2.05) is 12.1 Å². The quantitative estimate of drug-likeness (QED) is 0.460. The van der Waals surface area contributed by atoms with Gasteiger partial charge in [-0.2, -0.15) is 0 Å². The van der Waals surface area contributed by atoms with E-state index in [1.54, 1.807) is 48.0 Å². The minimum Gasteiger partial charge on any atom is -0.494 e. The number of hydrogen-bond acceptors (Lipinski definition) is 9. The van der Waals surface area contributed by atoms with Crippen molar-refractivity contribution in [1.29, 1.82) is 0 Å². The van der Waals surface area contributed by atoms with Gasteiger partial charge < -0.3 is 14.5 Å². The summed E-state index contributed by atoms with van der Waals surface area (Å²) in [4.78, 5) is 14.4. The van der Waals surface area contributed by atoms with Crippen LogP contribution >= 0.6 is 22.7 Å². The summed E-state index contributed by atoms with van der Waals surface area (Å²) >= 11 is 3.23. The van der Waals surface area contributed by atoms with Crippen LogP contribution in [0.3, 0.4) is 0 Å². The molecule has 0 amide bonds. The molecule has 0 bridgehead atoms. The lowest BCUT2D eigenvalue weighted by atomic mass is 10.3. The Labute approximate surface area is 182 Å². The van der Waals surface area contributed by atoms with Gasteiger partial charge in [0.1, 0.15) is 11.3 Å². The lowest BCUT2D eigenvalue weighted by molar-refractivity contribution is 0.419. The van der Waals surface area contributed by atoms with E-state index >= 15 is 0 Å². The first-order valence-corrected chi connectivity index (χ1v) is 13.0. The Balaban J connectivity index is 1.34. The Bertz CT molecular complexity index is 1340. The topological polar surface area (TPSA) is 75.6 Å². The molecule has 1 saturated heterocycles. The van der Waals surface area contributed by atoms with Gasteiger partial charge in [0.15, 0.2) is 20.1 Å². The van der Waals surface area contributed by atoms with Gasteiger partial charge in [0.25, 0.3) is 0 Å². The van der Waals surface area contributed by atoms with Gasteiger partial charge in [0.05, 0.1) is 26.9 Å². The molecule has 0 unspecified atom stereocenters. The largest absolute Gasteiger partial charge is 0.494 e. The molecule has 3 heterocycles. The Morgan fingerprint density at radius 2 is 1.60 bits per heavy atom. The lowest BCUT2D eigenvalue weighted by Crippen LogP contribution is -2.46. The molecule has 4 aromatic rings. The number of anilines is 2. The first-order chi connectivity index (χ1) is 14.4. The summed E-state index contributed by atoms with van der Waals surface area (Å²) in [7, 11) is -1.55. The standard InChI is InChI=1S/C20H20N4O3S3/c1-27-15-4-3-5-16-18(15)22-20(28-16)24-10-8-23(9-11-24)19-21-14-7-6-13(30(2,25)26)12-17(14)29-19/h3-7,12H,8-11H2,1-2H3. The molecule has 0 aliphatic carbocycles. The van der Waals surface area contributed by atoms with Gasteiger partial charge in [-0.25, -0.2) is 18.4 Å². The van der Waals surface area contributed by atoms with Gasteiger partial charge in [-0.3, -0.25) is 0 Å². The monoisotopic (exact) mass is 460 g/mol. The van der Waals surface area contributed by atoms with Crippen molar-refractivity contribution in [1.82, 2.24) is 9.97 Å². The predicted octanol–water partition coefficient (Wildman–Crippen LogP) is 3.64. The summed E-state index contributed by atoms with van der Waals surface area (Å²) in [6.07, 6.45) is 1.23. The fourth-order valence-corrected chi connectivity index (χ4v) is 6.37. The van der Waals surface area contributed by atoms with E-state index < -0.39 is 9.84 Å². The third-order valence-electron chi connectivity index (χ3n) is 5.19. The summed E-state index contributed by atoms with van der Waals surface area (Å²) in [5.41, 5.74) is 1.75. The summed E-state index contributed by atoms with van der Waals surface area (Å²) in [5, 5.41) is 1.94. The highest BCUT2D eigenvalue weighted by Crippen LogP contribution is 2.35. The number of ether oxygens (including phenoxy) is 1. The fraction of sp³-hybridized carbons (Fsp3) is 0.300. The number of methoxy groups -OCH3 is 1. The van der Waals surface area contributed by atoms with Gasteiger partial charge in [-0.1, -0.05) is 28.7 Å². The van der Waals surface area contributed by atoms with Crippen molar-refractivity contribution >= 4 is 63.2 Å². The van der Waals surface area contributed by atoms with E-state index in [0.717, 1.165) is 62.6 Å². The second-order valence-electron chi connectivity index (χ2n) is 7.18. The van der Waals surface area contributed by atoms with Crippen LogP contribution in [0.1, 0.15) is 0 Å². The normalized spacial score (nSPS) is 15.3. The zero-order chi connectivity index (χ0) is 20.9. The number of sulfone groups is 1. The van der Waals surface area contributed by atoms with Crippen molar-refractivity contribution in [3.05, 3.63) is 36.4 Å². The maximum atomic E-state index is 11.8. The highest BCUT2D eigenvalue weighted by atomic mass is 32.2. The molecule has 0 N–H and O–H groups in total. The second kappa shape index (κ2) is 7.36. The molecule has 5 rings (SSSR count). The Morgan fingerprint density at radius 1 is 0.933 bits per heavy atom. The zero-order valence-corrected chi connectivity index (χ0v) is 19.0. The highest BCUT2D eigenvalue weighted by molar-refractivity contribution is 7.90. The number of rotatable bonds is 4. The van der Waals surface area contributed by atoms with Gasteiger partial charge in [0, 0.05) is 32.4 Å². The molecule has 0 radical (unpaired) electrons. The summed E-state index contributed by atoms with van der Waals surface area (Å²) in [5.74, 6) is 0.802. The van der Waals surface area contributed by atoms with E-state index in [2.05, 4.69) is 15.9 Å². The molecule has 1 aliphatic rings. The summed E-state index contributed by atoms with van der Waals surface area (Å²) in [6, 6.07) is 11.1. The van der Waals surface area contributed by atoms with Crippen molar-refractivity contribution in [2.45, 2.75) is 4.90 Å². The number of aromatic nitrogens is 2. The van der Waals surface area contributed by atoms with E-state index in [4.69, 9.17) is 14.7 Å². The fourth-order valence-electron chi connectivity index (χ4n) is 3.56. The lowest BCUT2D eigenvalue weighted by Gasteiger charge is -2.34. The number of para-hydroxylation sites is 1. The number of piperazine rings is 1. The van der Waals surface area contributed by atoms with Crippen LogP contribution in [0.4, 0.5) is 10.3 Å². The molecule has 1 aliphatic heterocycles. The van der Waals surface area contributed by atoms with Crippen LogP contribution in [0.25, 0.3) is 20.4 Å². The zero-order valence-electron chi connectivity index (χ0n) is 16.5. The van der Waals surface area contributed by atoms with Gasteiger partial charge in [0.2, 0.25) is 0 Å². The van der Waals surface area contributed by atoms with E-state index in [9.17, 15) is 8.42 Å². The minimum atomic E-state index is -3.22. The van der Waals surface area contributed by atoms with Gasteiger partial charge in [-0.15, -0.1) is 0 Å². The molecule has 1 fully saturated rings. The highest BCUT2D eigenvalue weighted by Gasteiger charge is 2.23. The van der Waals surface area contributed by atoms with Crippen LogP contribution in [0, 0.1) is 0 Å². The average Bonchev–Trinajstić information content (AvgIpc) is 3.36. The third kappa shape index (κ3) is 3.48. The third-order valence-corrected chi connectivity index (χ3v) is 8.46. The van der Waals surface area contributed by atoms with Crippen LogP contribution in [0.5, 0.6) is 5.75 Å². The maximum absolute atomic E-state index is 11.8. The molecule has 0 spiro atoms. The second-order valence-corrected chi connectivity index (χ2v) is 11.2. The van der Waals surface area contributed by atoms with Gasteiger partial charge >= 0.3 is 0 Å². The maximum Gasteiger partial charge on any atom is 0.186 e. The Kier molecular flexibility index (Phi) is 4.79. The minimum absolute atomic E-state index is 0.335. The van der Waals surface area contributed by atoms with Crippen molar-refractivity contribution in [2.24, 2.45) is 0 Å². The van der Waals surface area contributed by atoms with Crippen molar-refractivity contribution in [2.75, 3.05) is 49.3 Å². The number of hydrogen-bond donors (Lipinski definition) is 0.